The van der Waals surface area contributed by atoms with Crippen LogP contribution in [0.25, 0.3) is 10.9 Å². The Bertz CT molecular complexity index is 927. The average molecular weight is 348 g/mol. The molecular formula is C16H14ClN3O2S. The van der Waals surface area contributed by atoms with Gasteiger partial charge >= 0.3 is 0 Å². The van der Waals surface area contributed by atoms with E-state index in [9.17, 15) is 4.79 Å². The van der Waals surface area contributed by atoms with Gasteiger partial charge in [0.15, 0.2) is 5.16 Å². The topological polar surface area (TPSA) is 70.1 Å². The SMILES string of the molecule is COc1cccc(CSc2nc3cc(Cl)ccc3c(=O)n2N)c1. The zero-order chi connectivity index (χ0) is 16.4. The minimum absolute atomic E-state index is 0.292. The van der Waals surface area contributed by atoms with Gasteiger partial charge in [0, 0.05) is 10.8 Å². The third kappa shape index (κ3) is 3.28. The maximum atomic E-state index is 12.3. The average Bonchev–Trinajstić information content (AvgIpc) is 2.57. The Kier molecular flexibility index (Phi) is 4.45. The van der Waals surface area contributed by atoms with Crippen LogP contribution in [-0.4, -0.2) is 16.8 Å². The number of hydrogen-bond acceptors (Lipinski definition) is 5. The van der Waals surface area contributed by atoms with Crippen LogP contribution in [0.2, 0.25) is 5.02 Å². The van der Waals surface area contributed by atoms with E-state index in [2.05, 4.69) is 4.98 Å². The van der Waals surface area contributed by atoms with Crippen LogP contribution < -0.4 is 16.1 Å². The van der Waals surface area contributed by atoms with Crippen molar-refractivity contribution in [3.05, 3.63) is 63.4 Å². The summed E-state index contributed by atoms with van der Waals surface area (Å²) in [7, 11) is 1.62. The third-order valence-corrected chi connectivity index (χ3v) is 4.59. The van der Waals surface area contributed by atoms with Crippen LogP contribution in [0.1, 0.15) is 5.56 Å². The van der Waals surface area contributed by atoms with Gasteiger partial charge in [-0.15, -0.1) is 0 Å². The van der Waals surface area contributed by atoms with Crippen molar-refractivity contribution >= 4 is 34.3 Å². The summed E-state index contributed by atoms with van der Waals surface area (Å²) in [6.45, 7) is 0. The molecule has 1 aromatic heterocycles. The second kappa shape index (κ2) is 6.52. The van der Waals surface area contributed by atoms with E-state index in [-0.39, 0.29) is 5.56 Å². The number of nitrogens with zero attached hydrogens (tertiary/aromatic N) is 2. The van der Waals surface area contributed by atoms with Gasteiger partial charge in [0.2, 0.25) is 0 Å². The molecule has 0 saturated carbocycles. The van der Waals surface area contributed by atoms with Crippen molar-refractivity contribution in [1.29, 1.82) is 0 Å². The van der Waals surface area contributed by atoms with Crippen molar-refractivity contribution in [2.45, 2.75) is 10.9 Å². The molecule has 0 saturated heterocycles. The third-order valence-electron chi connectivity index (χ3n) is 3.33. The number of thioether (sulfide) groups is 1. The van der Waals surface area contributed by atoms with E-state index in [1.807, 2.05) is 24.3 Å². The molecule has 0 unspecified atom stereocenters. The molecule has 7 heteroatoms. The fraction of sp³-hybridized carbons (Fsp3) is 0.125. The maximum Gasteiger partial charge on any atom is 0.280 e. The fourth-order valence-corrected chi connectivity index (χ4v) is 3.19. The van der Waals surface area contributed by atoms with Crippen LogP contribution in [0.5, 0.6) is 5.75 Å². The summed E-state index contributed by atoms with van der Waals surface area (Å²) in [5, 5.41) is 1.41. The van der Waals surface area contributed by atoms with Crippen molar-refractivity contribution in [2.24, 2.45) is 0 Å². The van der Waals surface area contributed by atoms with E-state index in [1.165, 1.54) is 11.8 Å². The Morgan fingerprint density at radius 2 is 2.13 bits per heavy atom. The fourth-order valence-electron chi connectivity index (χ4n) is 2.16. The molecule has 0 bridgehead atoms. The van der Waals surface area contributed by atoms with Crippen LogP contribution in [0, 0.1) is 0 Å². The molecule has 118 valence electrons. The highest BCUT2D eigenvalue weighted by Crippen LogP contribution is 2.24. The van der Waals surface area contributed by atoms with E-state index in [1.54, 1.807) is 25.3 Å². The summed E-state index contributed by atoms with van der Waals surface area (Å²) in [5.41, 5.74) is 1.30. The van der Waals surface area contributed by atoms with E-state index in [0.717, 1.165) is 16.0 Å². The second-order valence-electron chi connectivity index (χ2n) is 4.87. The highest BCUT2D eigenvalue weighted by Gasteiger charge is 2.10. The zero-order valence-electron chi connectivity index (χ0n) is 12.3. The predicted molar refractivity (Wildman–Crippen MR) is 93.7 cm³/mol. The minimum atomic E-state index is -0.292. The summed E-state index contributed by atoms with van der Waals surface area (Å²) in [5.74, 6) is 7.27. The van der Waals surface area contributed by atoms with Gasteiger partial charge in [-0.1, -0.05) is 35.5 Å². The Hall–Kier alpha value is -2.18. The number of hydrogen-bond donors (Lipinski definition) is 1. The van der Waals surface area contributed by atoms with Gasteiger partial charge in [-0.2, -0.15) is 0 Å². The summed E-state index contributed by atoms with van der Waals surface area (Å²) in [6, 6.07) is 12.6. The first-order valence-corrected chi connectivity index (χ1v) is 8.18. The molecule has 0 atom stereocenters. The predicted octanol–water partition coefficient (Wildman–Crippen LogP) is 3.06. The van der Waals surface area contributed by atoms with Crippen LogP contribution >= 0.6 is 23.4 Å². The molecule has 0 radical (unpaired) electrons. The van der Waals surface area contributed by atoms with Crippen LogP contribution in [0.3, 0.4) is 0 Å². The van der Waals surface area contributed by atoms with Gasteiger partial charge in [-0.3, -0.25) is 4.79 Å². The van der Waals surface area contributed by atoms with Gasteiger partial charge in [0.1, 0.15) is 5.75 Å². The molecule has 0 spiro atoms. The van der Waals surface area contributed by atoms with E-state index in [0.29, 0.717) is 26.8 Å². The van der Waals surface area contributed by atoms with Crippen LogP contribution in [0.4, 0.5) is 0 Å². The molecule has 23 heavy (non-hydrogen) atoms. The lowest BCUT2D eigenvalue weighted by atomic mass is 10.2. The van der Waals surface area contributed by atoms with Crippen LogP contribution in [0.15, 0.2) is 52.4 Å². The number of nitrogens with two attached hydrogens (primary N) is 1. The number of nitrogen functional groups attached to an aromatic ring is 1. The molecule has 2 N–H and O–H groups in total. The first kappa shape index (κ1) is 15.7. The van der Waals surface area contributed by atoms with Gasteiger partial charge in [-0.05, 0) is 35.9 Å². The van der Waals surface area contributed by atoms with Gasteiger partial charge < -0.3 is 10.6 Å². The summed E-state index contributed by atoms with van der Waals surface area (Å²) < 4.78 is 6.27. The number of halogens is 1. The normalized spacial score (nSPS) is 10.9. The zero-order valence-corrected chi connectivity index (χ0v) is 13.9. The number of aromatic nitrogens is 2. The summed E-state index contributed by atoms with van der Waals surface area (Å²) in [4.78, 5) is 16.7. The van der Waals surface area contributed by atoms with Crippen LogP contribution in [-0.2, 0) is 5.75 Å². The number of benzene rings is 2. The van der Waals surface area contributed by atoms with E-state index >= 15 is 0 Å². The molecule has 0 aliphatic carbocycles. The van der Waals surface area contributed by atoms with Gasteiger partial charge in [0.25, 0.3) is 5.56 Å². The molecule has 0 amide bonds. The van der Waals surface area contributed by atoms with Crippen molar-refractivity contribution < 1.29 is 4.74 Å². The number of fused-ring (bicyclic) bond motifs is 1. The molecule has 0 aliphatic rings. The van der Waals surface area contributed by atoms with E-state index < -0.39 is 0 Å². The summed E-state index contributed by atoms with van der Waals surface area (Å²) in [6.07, 6.45) is 0. The van der Waals surface area contributed by atoms with Crippen molar-refractivity contribution in [3.63, 3.8) is 0 Å². The highest BCUT2D eigenvalue weighted by atomic mass is 35.5. The Morgan fingerprint density at radius 1 is 1.30 bits per heavy atom. The minimum Gasteiger partial charge on any atom is -0.497 e. The molecule has 1 heterocycles. The standard InChI is InChI=1S/C16H14ClN3O2S/c1-22-12-4-2-3-10(7-12)9-23-16-19-14-8-11(17)5-6-13(14)15(21)20(16)18/h2-8H,9,18H2,1H3. The number of methoxy groups -OCH3 is 1. The van der Waals surface area contributed by atoms with Gasteiger partial charge in [0.05, 0.1) is 18.0 Å². The highest BCUT2D eigenvalue weighted by molar-refractivity contribution is 7.98. The van der Waals surface area contributed by atoms with Crippen molar-refractivity contribution in [2.75, 3.05) is 13.0 Å². The second-order valence-corrected chi connectivity index (χ2v) is 6.25. The molecule has 5 nitrogen and oxygen atoms in total. The molecule has 0 fully saturated rings. The smallest absolute Gasteiger partial charge is 0.280 e. The van der Waals surface area contributed by atoms with Crippen molar-refractivity contribution in [3.8, 4) is 5.75 Å². The van der Waals surface area contributed by atoms with Gasteiger partial charge in [-0.25, -0.2) is 9.66 Å². The molecule has 3 rings (SSSR count). The number of ether oxygens (including phenoxy) is 1. The monoisotopic (exact) mass is 347 g/mol. The quantitative estimate of drug-likeness (QED) is 0.446. The maximum absolute atomic E-state index is 12.3. The lowest BCUT2D eigenvalue weighted by Gasteiger charge is -2.09. The molecule has 2 aromatic carbocycles. The first-order chi connectivity index (χ1) is 11.1. The lowest BCUT2D eigenvalue weighted by Crippen LogP contribution is -2.29. The Labute approximate surface area is 142 Å². The molecule has 3 aromatic rings. The first-order valence-electron chi connectivity index (χ1n) is 6.81. The summed E-state index contributed by atoms with van der Waals surface area (Å²) >= 11 is 7.35. The Morgan fingerprint density at radius 3 is 2.91 bits per heavy atom. The number of rotatable bonds is 4. The van der Waals surface area contributed by atoms with Crippen molar-refractivity contribution in [1.82, 2.24) is 9.66 Å². The molecule has 0 aliphatic heterocycles. The molecular weight excluding hydrogens is 334 g/mol. The van der Waals surface area contributed by atoms with E-state index in [4.69, 9.17) is 22.2 Å². The Balaban J connectivity index is 1.93. The largest absolute Gasteiger partial charge is 0.497 e. The lowest BCUT2D eigenvalue weighted by molar-refractivity contribution is 0.414.